The lowest BCUT2D eigenvalue weighted by atomic mass is 9.88. The molecule has 0 spiro atoms. The lowest BCUT2D eigenvalue weighted by Gasteiger charge is -2.15. The van der Waals surface area contributed by atoms with Gasteiger partial charge < -0.3 is 4.74 Å². The normalized spacial score (nSPS) is 12.4. The average molecular weight is 418 g/mol. The first-order chi connectivity index (χ1) is 14.5. The van der Waals surface area contributed by atoms with E-state index in [0.29, 0.717) is 0 Å². The number of hydrogen-bond donors (Lipinski definition) is 0. The summed E-state index contributed by atoms with van der Waals surface area (Å²) in [7, 11) is 1.62. The summed E-state index contributed by atoms with van der Waals surface area (Å²) in [6, 6.07) is 19.9. The van der Waals surface area contributed by atoms with Gasteiger partial charge in [-0.15, -0.1) is 11.3 Å². The van der Waals surface area contributed by atoms with Gasteiger partial charge in [0.15, 0.2) is 0 Å². The molecule has 0 amide bonds. The summed E-state index contributed by atoms with van der Waals surface area (Å²) in [6.07, 6.45) is 3.83. The molecule has 4 rings (SSSR count). The molecule has 150 valence electrons. The number of ketones is 1. The first-order valence-electron chi connectivity index (χ1n) is 9.52. The predicted octanol–water partition coefficient (Wildman–Crippen LogP) is 6.34. The van der Waals surface area contributed by atoms with Crippen LogP contribution in [0.15, 0.2) is 66.7 Å². The molecule has 0 saturated heterocycles. The van der Waals surface area contributed by atoms with Crippen LogP contribution in [0.4, 0.5) is 4.39 Å². The zero-order valence-corrected chi connectivity index (χ0v) is 17.4. The predicted molar refractivity (Wildman–Crippen MR) is 120 cm³/mol. The van der Waals surface area contributed by atoms with Gasteiger partial charge in [-0.2, -0.15) is 0 Å². The van der Waals surface area contributed by atoms with Crippen LogP contribution in [0.25, 0.3) is 22.4 Å². The Morgan fingerprint density at radius 1 is 1.00 bits per heavy atom. The number of fused-ring (bicyclic) bond motifs is 1. The summed E-state index contributed by atoms with van der Waals surface area (Å²) >= 11 is 1.58. The number of thiazole rings is 1. The number of methoxy groups -OCH3 is 1. The third kappa shape index (κ3) is 4.31. The Labute approximate surface area is 178 Å². The van der Waals surface area contributed by atoms with E-state index in [1.165, 1.54) is 12.1 Å². The van der Waals surface area contributed by atoms with E-state index in [4.69, 9.17) is 9.72 Å². The monoisotopic (exact) mass is 417 g/mol. The highest BCUT2D eigenvalue weighted by Gasteiger charge is 2.20. The highest BCUT2D eigenvalue weighted by Crippen LogP contribution is 2.31. The number of rotatable bonds is 6. The summed E-state index contributed by atoms with van der Waals surface area (Å²) < 4.78 is 19.3. The van der Waals surface area contributed by atoms with Crippen LogP contribution in [0.2, 0.25) is 0 Å². The van der Waals surface area contributed by atoms with E-state index in [-0.39, 0.29) is 17.5 Å². The van der Waals surface area contributed by atoms with E-state index in [1.54, 1.807) is 37.5 Å². The Morgan fingerprint density at radius 2 is 1.70 bits per heavy atom. The molecule has 0 aliphatic rings. The quantitative estimate of drug-likeness (QED) is 0.368. The van der Waals surface area contributed by atoms with Crippen molar-refractivity contribution in [2.75, 3.05) is 7.11 Å². The number of Topliss-reactive ketones (excluding diaryl/α,β-unsaturated/α-hetero) is 1. The van der Waals surface area contributed by atoms with Gasteiger partial charge in [0.1, 0.15) is 22.4 Å². The second-order valence-electron chi connectivity index (χ2n) is 6.98. The number of benzene rings is 3. The molecule has 1 atom stereocenters. The van der Waals surface area contributed by atoms with Gasteiger partial charge in [-0.1, -0.05) is 36.4 Å². The summed E-state index contributed by atoms with van der Waals surface area (Å²) in [6.45, 7) is 1.61. The standard InChI is InChI=1S/C25H20FNO2S/c1-16(28)25(18-6-11-21(29-2)12-7-18)19-8-13-23-22(15-19)27-24(30-23)14-5-17-3-9-20(26)10-4-17/h3-15,25H,1-2H3. The first-order valence-corrected chi connectivity index (χ1v) is 10.3. The molecular formula is C25H20FNO2S. The van der Waals surface area contributed by atoms with Crippen LogP contribution in [0, 0.1) is 5.82 Å². The number of halogens is 1. The second kappa shape index (κ2) is 8.59. The molecule has 0 radical (unpaired) electrons. The van der Waals surface area contributed by atoms with E-state index in [0.717, 1.165) is 37.7 Å². The van der Waals surface area contributed by atoms with Crippen LogP contribution in [0.3, 0.4) is 0 Å². The fourth-order valence-electron chi connectivity index (χ4n) is 3.41. The molecule has 5 heteroatoms. The topological polar surface area (TPSA) is 39.2 Å². The van der Waals surface area contributed by atoms with Crippen molar-refractivity contribution in [2.24, 2.45) is 0 Å². The molecule has 1 heterocycles. The van der Waals surface area contributed by atoms with Gasteiger partial charge in [-0.3, -0.25) is 4.79 Å². The van der Waals surface area contributed by atoms with Crippen molar-refractivity contribution in [3.63, 3.8) is 0 Å². The van der Waals surface area contributed by atoms with E-state index in [1.807, 2.05) is 54.6 Å². The summed E-state index contributed by atoms with van der Waals surface area (Å²) in [5.74, 6) is 0.233. The average Bonchev–Trinajstić information content (AvgIpc) is 3.16. The molecule has 0 N–H and O–H groups in total. The molecule has 1 aromatic heterocycles. The molecule has 0 fully saturated rings. The fraction of sp³-hybridized carbons (Fsp3) is 0.120. The Morgan fingerprint density at radius 3 is 2.37 bits per heavy atom. The lowest BCUT2D eigenvalue weighted by molar-refractivity contribution is -0.117. The smallest absolute Gasteiger partial charge is 0.141 e. The molecule has 30 heavy (non-hydrogen) atoms. The third-order valence-electron chi connectivity index (χ3n) is 4.91. The van der Waals surface area contributed by atoms with Crippen molar-refractivity contribution >= 4 is 39.5 Å². The van der Waals surface area contributed by atoms with Crippen LogP contribution in [-0.4, -0.2) is 17.9 Å². The van der Waals surface area contributed by atoms with Gasteiger partial charge >= 0.3 is 0 Å². The lowest BCUT2D eigenvalue weighted by Crippen LogP contribution is -2.10. The first kappa shape index (κ1) is 20.0. The number of aromatic nitrogens is 1. The van der Waals surface area contributed by atoms with Crippen molar-refractivity contribution in [1.29, 1.82) is 0 Å². The van der Waals surface area contributed by atoms with Gasteiger partial charge in [0, 0.05) is 0 Å². The Bertz CT molecular complexity index is 1210. The minimum Gasteiger partial charge on any atom is -0.497 e. The number of carbonyl (C=O) groups is 1. The molecule has 0 bridgehead atoms. The molecule has 0 aliphatic heterocycles. The van der Waals surface area contributed by atoms with Crippen LogP contribution < -0.4 is 4.74 Å². The maximum absolute atomic E-state index is 13.0. The minimum absolute atomic E-state index is 0.0752. The zero-order chi connectivity index (χ0) is 21.1. The Hall–Kier alpha value is -3.31. The molecule has 0 saturated carbocycles. The third-order valence-corrected chi connectivity index (χ3v) is 5.91. The van der Waals surface area contributed by atoms with Gasteiger partial charge in [-0.25, -0.2) is 9.37 Å². The highest BCUT2D eigenvalue weighted by molar-refractivity contribution is 7.19. The van der Waals surface area contributed by atoms with Crippen LogP contribution in [0.1, 0.15) is 34.5 Å². The summed E-state index contributed by atoms with van der Waals surface area (Å²) in [5, 5.41) is 0.857. The second-order valence-corrected chi connectivity index (χ2v) is 8.04. The van der Waals surface area contributed by atoms with Gasteiger partial charge in [0.2, 0.25) is 0 Å². The number of nitrogens with zero attached hydrogens (tertiary/aromatic N) is 1. The van der Waals surface area contributed by atoms with E-state index >= 15 is 0 Å². The van der Waals surface area contributed by atoms with Crippen LogP contribution in [0.5, 0.6) is 5.75 Å². The van der Waals surface area contributed by atoms with E-state index in [2.05, 4.69) is 0 Å². The maximum Gasteiger partial charge on any atom is 0.141 e. The van der Waals surface area contributed by atoms with Crippen LogP contribution >= 0.6 is 11.3 Å². The molecule has 0 aliphatic carbocycles. The number of ether oxygens (including phenoxy) is 1. The molecule has 1 unspecified atom stereocenters. The summed E-state index contributed by atoms with van der Waals surface area (Å²) in [5.41, 5.74) is 3.61. The van der Waals surface area contributed by atoms with E-state index < -0.39 is 0 Å². The largest absolute Gasteiger partial charge is 0.497 e. The molecule has 3 nitrogen and oxygen atoms in total. The zero-order valence-electron chi connectivity index (χ0n) is 16.6. The summed E-state index contributed by atoms with van der Waals surface area (Å²) in [4.78, 5) is 17.1. The number of carbonyl (C=O) groups excluding carboxylic acids is 1. The Kier molecular flexibility index (Phi) is 5.72. The molecule has 3 aromatic carbocycles. The van der Waals surface area contributed by atoms with Gasteiger partial charge in [0.25, 0.3) is 0 Å². The Balaban J connectivity index is 1.64. The van der Waals surface area contributed by atoms with Gasteiger partial charge in [0.05, 0.1) is 23.2 Å². The minimum atomic E-state index is -0.347. The van der Waals surface area contributed by atoms with Crippen molar-refractivity contribution in [3.8, 4) is 5.75 Å². The van der Waals surface area contributed by atoms with Gasteiger partial charge in [-0.05, 0) is 66.1 Å². The van der Waals surface area contributed by atoms with Crippen molar-refractivity contribution in [3.05, 3.63) is 94.2 Å². The highest BCUT2D eigenvalue weighted by atomic mass is 32.1. The SMILES string of the molecule is COc1ccc(C(C(C)=O)c2ccc3sc(C=Cc4ccc(F)cc4)nc3c2)cc1. The van der Waals surface area contributed by atoms with Crippen molar-refractivity contribution < 1.29 is 13.9 Å². The van der Waals surface area contributed by atoms with Crippen molar-refractivity contribution in [2.45, 2.75) is 12.8 Å². The van der Waals surface area contributed by atoms with Crippen LogP contribution in [-0.2, 0) is 4.79 Å². The maximum atomic E-state index is 13.0. The molecule has 4 aromatic rings. The molecular weight excluding hydrogens is 397 g/mol. The van der Waals surface area contributed by atoms with E-state index in [9.17, 15) is 9.18 Å². The fourth-order valence-corrected chi connectivity index (χ4v) is 4.26. The van der Waals surface area contributed by atoms with Crippen molar-refractivity contribution in [1.82, 2.24) is 4.98 Å². The number of hydrogen-bond acceptors (Lipinski definition) is 4.